The first-order valence-corrected chi connectivity index (χ1v) is 14.9. The second-order valence-corrected chi connectivity index (χ2v) is 11.1. The van der Waals surface area contributed by atoms with Crippen LogP contribution in [0.15, 0.2) is 150 Å². The third-order valence-corrected chi connectivity index (χ3v) is 8.35. The van der Waals surface area contributed by atoms with Crippen LogP contribution in [0.5, 0.6) is 0 Å². The van der Waals surface area contributed by atoms with Crippen LogP contribution in [0.4, 0.5) is 0 Å². The largest absolute Gasteiger partial charge is 0.455 e. The summed E-state index contributed by atoms with van der Waals surface area (Å²) in [6.45, 7) is 0. The summed E-state index contributed by atoms with van der Waals surface area (Å²) in [5.74, 6) is 0.662. The van der Waals surface area contributed by atoms with Gasteiger partial charge in [-0.1, -0.05) is 103 Å². The van der Waals surface area contributed by atoms with Crippen LogP contribution in [-0.4, -0.2) is 19.9 Å². The minimum absolute atomic E-state index is 0.662. The van der Waals surface area contributed by atoms with Crippen LogP contribution in [0.25, 0.3) is 88.9 Å². The molecule has 5 aromatic carbocycles. The van der Waals surface area contributed by atoms with Gasteiger partial charge in [-0.05, 0) is 36.4 Å². The molecule has 4 aromatic heterocycles. The number of hydrogen-bond donors (Lipinski definition) is 0. The lowest BCUT2D eigenvalue weighted by molar-refractivity contribution is 0.673. The van der Waals surface area contributed by atoms with Gasteiger partial charge >= 0.3 is 0 Å². The Hall–Kier alpha value is -6.20. The van der Waals surface area contributed by atoms with Crippen molar-refractivity contribution < 1.29 is 4.42 Å². The molecule has 0 aliphatic heterocycles. The summed E-state index contributed by atoms with van der Waals surface area (Å²) in [7, 11) is 0. The quantitative estimate of drug-likeness (QED) is 0.195. The molecular weight excluding hydrogens is 552 g/mol. The lowest BCUT2D eigenvalue weighted by Crippen LogP contribution is -1.97. The highest BCUT2D eigenvalue weighted by molar-refractivity contribution is 6.24. The number of benzene rings is 5. The Morgan fingerprint density at radius 2 is 1.16 bits per heavy atom. The fourth-order valence-electron chi connectivity index (χ4n) is 6.19. The van der Waals surface area contributed by atoms with Gasteiger partial charge in [0.2, 0.25) is 0 Å². The van der Waals surface area contributed by atoms with Crippen LogP contribution in [0.2, 0.25) is 0 Å². The average Bonchev–Trinajstić information content (AvgIpc) is 3.51. The summed E-state index contributed by atoms with van der Waals surface area (Å²) in [5, 5.41) is 5.44. The van der Waals surface area contributed by atoms with Crippen molar-refractivity contribution in [2.45, 2.75) is 0 Å². The SMILES string of the molecule is c1ccc(-c2nc(-c3ccc(-c4nc5ccccc5c5c4ccc4c6ccccc6oc45)cc3)cc(-c3ccccn3)n2)cc1. The average molecular weight is 577 g/mol. The van der Waals surface area contributed by atoms with Gasteiger partial charge in [-0.15, -0.1) is 0 Å². The predicted octanol–water partition coefficient (Wildman–Crippen LogP) is 10.1. The zero-order valence-corrected chi connectivity index (χ0v) is 24.1. The number of nitrogens with zero attached hydrogens (tertiary/aromatic N) is 4. The summed E-state index contributed by atoms with van der Waals surface area (Å²) in [4.78, 5) is 19.6. The number of pyridine rings is 2. The molecule has 0 saturated heterocycles. The number of hydrogen-bond acceptors (Lipinski definition) is 5. The molecular formula is C40H24N4O. The van der Waals surface area contributed by atoms with Gasteiger partial charge in [-0.25, -0.2) is 15.0 Å². The van der Waals surface area contributed by atoms with Gasteiger partial charge in [-0.3, -0.25) is 4.98 Å². The zero-order chi connectivity index (χ0) is 29.7. The van der Waals surface area contributed by atoms with Crippen molar-refractivity contribution in [1.82, 2.24) is 19.9 Å². The fraction of sp³-hybridized carbons (Fsp3) is 0. The molecule has 0 aliphatic carbocycles. The summed E-state index contributed by atoms with van der Waals surface area (Å²) in [6.07, 6.45) is 1.79. The van der Waals surface area contributed by atoms with Gasteiger partial charge in [0.15, 0.2) is 5.82 Å². The van der Waals surface area contributed by atoms with Crippen LogP contribution in [0, 0.1) is 0 Å². The molecule has 210 valence electrons. The molecule has 0 bridgehead atoms. The third kappa shape index (κ3) is 4.25. The molecule has 0 N–H and O–H groups in total. The first-order valence-electron chi connectivity index (χ1n) is 14.9. The van der Waals surface area contributed by atoms with E-state index < -0.39 is 0 Å². The van der Waals surface area contributed by atoms with E-state index in [9.17, 15) is 0 Å². The maximum atomic E-state index is 6.49. The van der Waals surface area contributed by atoms with Crippen molar-refractivity contribution in [1.29, 1.82) is 0 Å². The van der Waals surface area contributed by atoms with Crippen molar-refractivity contribution in [3.05, 3.63) is 146 Å². The van der Waals surface area contributed by atoms with E-state index in [4.69, 9.17) is 19.4 Å². The molecule has 0 spiro atoms. The van der Waals surface area contributed by atoms with E-state index >= 15 is 0 Å². The maximum Gasteiger partial charge on any atom is 0.160 e. The molecule has 0 unspecified atom stereocenters. The van der Waals surface area contributed by atoms with Crippen molar-refractivity contribution >= 4 is 43.6 Å². The molecule has 4 heterocycles. The molecule has 9 rings (SSSR count). The fourth-order valence-corrected chi connectivity index (χ4v) is 6.19. The van der Waals surface area contributed by atoms with Crippen molar-refractivity contribution in [2.24, 2.45) is 0 Å². The highest BCUT2D eigenvalue weighted by atomic mass is 16.3. The number of aromatic nitrogens is 4. The third-order valence-electron chi connectivity index (χ3n) is 8.35. The predicted molar refractivity (Wildman–Crippen MR) is 182 cm³/mol. The molecule has 5 heteroatoms. The molecule has 0 atom stereocenters. The standard InChI is InChI=1S/C40H24N4O/c1-2-10-27(11-3-1)40-43-34(24-35(44-40)33-15-8-9-23-41-33)25-17-19-26(20-18-25)38-31-22-21-29-28-12-5-7-16-36(28)45-39(29)37(31)30-13-4-6-14-32(30)42-38/h1-24H. The summed E-state index contributed by atoms with van der Waals surface area (Å²) >= 11 is 0. The maximum absolute atomic E-state index is 6.49. The molecule has 0 radical (unpaired) electrons. The van der Waals surface area contributed by atoms with E-state index in [0.29, 0.717) is 5.82 Å². The van der Waals surface area contributed by atoms with Crippen molar-refractivity contribution in [3.8, 4) is 45.3 Å². The van der Waals surface area contributed by atoms with E-state index in [-0.39, 0.29) is 0 Å². The summed E-state index contributed by atoms with van der Waals surface area (Å²) in [6, 6.07) is 47.2. The Morgan fingerprint density at radius 3 is 2.00 bits per heavy atom. The molecule has 0 fully saturated rings. The van der Waals surface area contributed by atoms with E-state index in [1.54, 1.807) is 6.20 Å². The molecule has 45 heavy (non-hydrogen) atoms. The van der Waals surface area contributed by atoms with Crippen LogP contribution >= 0.6 is 0 Å². The number of furan rings is 1. The second-order valence-electron chi connectivity index (χ2n) is 11.1. The monoisotopic (exact) mass is 576 g/mol. The van der Waals surface area contributed by atoms with E-state index in [1.807, 2.05) is 72.8 Å². The normalized spacial score (nSPS) is 11.6. The van der Waals surface area contributed by atoms with Crippen LogP contribution < -0.4 is 0 Å². The van der Waals surface area contributed by atoms with E-state index in [2.05, 4.69) is 71.7 Å². The Kier molecular flexibility index (Phi) is 5.74. The lowest BCUT2D eigenvalue weighted by atomic mass is 9.97. The number of para-hydroxylation sites is 2. The van der Waals surface area contributed by atoms with Gasteiger partial charge in [0.25, 0.3) is 0 Å². The molecule has 0 aliphatic rings. The van der Waals surface area contributed by atoms with Gasteiger partial charge in [-0.2, -0.15) is 0 Å². The van der Waals surface area contributed by atoms with E-state index in [1.165, 1.54) is 0 Å². The van der Waals surface area contributed by atoms with Crippen molar-refractivity contribution in [3.63, 3.8) is 0 Å². The van der Waals surface area contributed by atoms with Crippen molar-refractivity contribution in [2.75, 3.05) is 0 Å². The second kappa shape index (κ2) is 10.2. The zero-order valence-electron chi connectivity index (χ0n) is 24.1. The Balaban J connectivity index is 1.21. The highest BCUT2D eigenvalue weighted by Crippen LogP contribution is 2.40. The lowest BCUT2D eigenvalue weighted by Gasteiger charge is -2.12. The molecule has 9 aromatic rings. The minimum Gasteiger partial charge on any atom is -0.455 e. The van der Waals surface area contributed by atoms with Gasteiger partial charge in [0.05, 0.1) is 28.3 Å². The Labute approximate surface area is 258 Å². The summed E-state index contributed by atoms with van der Waals surface area (Å²) in [5.41, 5.74) is 9.00. The van der Waals surface area contributed by atoms with E-state index in [0.717, 1.165) is 83.1 Å². The highest BCUT2D eigenvalue weighted by Gasteiger charge is 2.18. The van der Waals surface area contributed by atoms with Gasteiger partial charge in [0.1, 0.15) is 11.2 Å². The first kappa shape index (κ1) is 25.3. The summed E-state index contributed by atoms with van der Waals surface area (Å²) < 4.78 is 6.49. The van der Waals surface area contributed by atoms with Crippen LogP contribution in [-0.2, 0) is 0 Å². The molecule has 0 saturated carbocycles. The van der Waals surface area contributed by atoms with Crippen LogP contribution in [0.3, 0.4) is 0 Å². The van der Waals surface area contributed by atoms with Crippen LogP contribution in [0.1, 0.15) is 0 Å². The molecule has 0 amide bonds. The first-order chi connectivity index (χ1) is 22.3. The number of fused-ring (bicyclic) bond motifs is 7. The smallest absolute Gasteiger partial charge is 0.160 e. The van der Waals surface area contributed by atoms with Gasteiger partial charge < -0.3 is 4.42 Å². The topological polar surface area (TPSA) is 64.7 Å². The molecule has 5 nitrogen and oxygen atoms in total. The van der Waals surface area contributed by atoms with Gasteiger partial charge in [0, 0.05) is 49.8 Å². The Bertz CT molecular complexity index is 2460. The number of rotatable bonds is 4. The Morgan fingerprint density at radius 1 is 0.444 bits per heavy atom. The minimum atomic E-state index is 0.662.